The minimum atomic E-state index is -0.895. The van der Waals surface area contributed by atoms with E-state index in [1.807, 2.05) is 6.92 Å². The fourth-order valence-electron chi connectivity index (χ4n) is 2.84. The van der Waals surface area contributed by atoms with Gasteiger partial charge in [-0.2, -0.15) is 0 Å². The summed E-state index contributed by atoms with van der Waals surface area (Å²) in [6.45, 7) is 4.15. The van der Waals surface area contributed by atoms with Crippen molar-refractivity contribution in [2.24, 2.45) is 0 Å². The van der Waals surface area contributed by atoms with Crippen molar-refractivity contribution >= 4 is 24.7 Å². The van der Waals surface area contributed by atoms with Crippen molar-refractivity contribution in [2.45, 2.75) is 57.0 Å². The van der Waals surface area contributed by atoms with Gasteiger partial charge in [0, 0.05) is 12.6 Å². The lowest BCUT2D eigenvalue weighted by Crippen LogP contribution is -2.70. The van der Waals surface area contributed by atoms with E-state index in [4.69, 9.17) is 0 Å². The number of imide groups is 1. The summed E-state index contributed by atoms with van der Waals surface area (Å²) in [6, 6.07) is -0.482. The van der Waals surface area contributed by atoms with Crippen LogP contribution in [-0.2, 0) is 0 Å². The second-order valence-corrected chi connectivity index (χ2v) is 6.01. The lowest BCUT2D eigenvalue weighted by Gasteiger charge is -2.47. The molecule has 0 aromatic carbocycles. The van der Waals surface area contributed by atoms with Crippen molar-refractivity contribution in [3.05, 3.63) is 0 Å². The molecule has 1 aliphatic carbocycles. The minimum Gasteiger partial charge on any atom is -0.306 e. The van der Waals surface area contributed by atoms with Crippen molar-refractivity contribution in [3.63, 3.8) is 0 Å². The lowest BCUT2D eigenvalue weighted by atomic mass is 9.94. The van der Waals surface area contributed by atoms with Crippen LogP contribution in [0, 0.1) is 0 Å². The van der Waals surface area contributed by atoms with Gasteiger partial charge in [-0.05, 0) is 26.7 Å². The van der Waals surface area contributed by atoms with Gasteiger partial charge in [0.15, 0.2) is 4.99 Å². The second-order valence-electron chi connectivity index (χ2n) is 5.14. The Kier molecular flexibility index (Phi) is 3.75. The smallest absolute Gasteiger partial charge is 0.306 e. The van der Waals surface area contributed by atoms with Gasteiger partial charge in [-0.1, -0.05) is 19.3 Å². The molecule has 2 rings (SSSR count). The van der Waals surface area contributed by atoms with Gasteiger partial charge in [0.05, 0.1) is 0 Å². The van der Waals surface area contributed by atoms with Gasteiger partial charge in [-0.25, -0.2) is 14.5 Å². The number of nitrogens with zero attached hydrogens (tertiary/aromatic N) is 2. The largest absolute Gasteiger partial charge is 0.330 e. The van der Waals surface area contributed by atoms with Crippen LogP contribution in [0.4, 0.5) is 9.59 Å². The van der Waals surface area contributed by atoms with Gasteiger partial charge in [-0.15, -0.1) is 12.6 Å². The summed E-state index contributed by atoms with van der Waals surface area (Å²) in [6.07, 6.45) is 5.21. The van der Waals surface area contributed by atoms with E-state index in [9.17, 15) is 9.59 Å². The summed E-state index contributed by atoms with van der Waals surface area (Å²) >= 11 is 4.36. The first-order valence-corrected chi connectivity index (χ1v) is 7.07. The van der Waals surface area contributed by atoms with Gasteiger partial charge in [0.2, 0.25) is 0 Å². The highest BCUT2D eigenvalue weighted by molar-refractivity contribution is 7.81. The van der Waals surface area contributed by atoms with Crippen LogP contribution in [0.3, 0.4) is 0 Å². The number of thiol groups is 1. The third-order valence-corrected chi connectivity index (χ3v) is 4.13. The Hall–Kier alpha value is -0.910. The molecule has 18 heavy (non-hydrogen) atoms. The Morgan fingerprint density at radius 3 is 2.50 bits per heavy atom. The first-order chi connectivity index (χ1) is 8.47. The molecule has 0 aromatic rings. The molecule has 1 saturated heterocycles. The molecule has 1 N–H and O–H groups in total. The number of amides is 4. The molecule has 2 fully saturated rings. The van der Waals surface area contributed by atoms with E-state index in [-0.39, 0.29) is 18.1 Å². The summed E-state index contributed by atoms with van der Waals surface area (Å²) in [7, 11) is 0. The number of carbonyl (C=O) groups is 2. The van der Waals surface area contributed by atoms with Crippen molar-refractivity contribution in [1.82, 2.24) is 15.1 Å². The third-order valence-electron chi connectivity index (χ3n) is 3.78. The molecule has 4 amide bonds. The summed E-state index contributed by atoms with van der Waals surface area (Å²) in [5.74, 6) is 0. The summed E-state index contributed by atoms with van der Waals surface area (Å²) in [5, 5.41) is 2.79. The fourth-order valence-corrected chi connectivity index (χ4v) is 3.16. The van der Waals surface area contributed by atoms with Crippen molar-refractivity contribution in [2.75, 3.05) is 6.54 Å². The van der Waals surface area contributed by atoms with Crippen LogP contribution in [0.15, 0.2) is 0 Å². The molecule has 1 saturated carbocycles. The molecular weight excluding hydrogens is 250 g/mol. The number of hydrogen-bond donors (Lipinski definition) is 2. The Bertz CT molecular complexity index is 353. The Morgan fingerprint density at radius 1 is 1.33 bits per heavy atom. The third kappa shape index (κ3) is 2.30. The standard InChI is InChI=1S/C12H21N3O2S/c1-3-14-11(17)15(9-7-5-4-6-8-9)10(16)13-12(14,2)18/h9,18H,3-8H2,1-2H3,(H,13,16). The number of carbonyl (C=O) groups excluding carboxylic acids is 2. The maximum atomic E-state index is 12.4. The lowest BCUT2D eigenvalue weighted by molar-refractivity contribution is 0.0791. The molecule has 1 aliphatic heterocycles. The van der Waals surface area contributed by atoms with E-state index in [0.717, 1.165) is 25.7 Å². The van der Waals surface area contributed by atoms with Crippen LogP contribution >= 0.6 is 12.6 Å². The monoisotopic (exact) mass is 271 g/mol. The van der Waals surface area contributed by atoms with Gasteiger partial charge in [0.1, 0.15) is 0 Å². The van der Waals surface area contributed by atoms with E-state index in [2.05, 4.69) is 17.9 Å². The molecule has 0 aromatic heterocycles. The SMILES string of the molecule is CCN1C(=O)N(C2CCCCC2)C(=O)NC1(C)S. The van der Waals surface area contributed by atoms with Gasteiger partial charge in [-0.3, -0.25) is 4.90 Å². The number of urea groups is 2. The molecule has 102 valence electrons. The molecule has 6 heteroatoms. The highest BCUT2D eigenvalue weighted by Gasteiger charge is 2.45. The molecule has 1 atom stereocenters. The average Bonchev–Trinajstić information content (AvgIpc) is 2.29. The second kappa shape index (κ2) is 4.99. The number of rotatable bonds is 2. The van der Waals surface area contributed by atoms with Crippen LogP contribution < -0.4 is 5.32 Å². The van der Waals surface area contributed by atoms with Gasteiger partial charge in [0.25, 0.3) is 0 Å². The minimum absolute atomic E-state index is 0.0460. The van der Waals surface area contributed by atoms with E-state index >= 15 is 0 Å². The zero-order chi connectivity index (χ0) is 13.3. The van der Waals surface area contributed by atoms with E-state index in [1.165, 1.54) is 11.3 Å². The maximum Gasteiger partial charge on any atom is 0.330 e. The van der Waals surface area contributed by atoms with Crippen molar-refractivity contribution < 1.29 is 9.59 Å². The zero-order valence-corrected chi connectivity index (χ0v) is 11.9. The first-order valence-electron chi connectivity index (χ1n) is 6.62. The molecule has 5 nitrogen and oxygen atoms in total. The number of hydrogen-bond acceptors (Lipinski definition) is 3. The van der Waals surface area contributed by atoms with Crippen LogP contribution in [0.25, 0.3) is 0 Å². The molecule has 2 aliphatic rings. The molecule has 1 unspecified atom stereocenters. The van der Waals surface area contributed by atoms with Crippen LogP contribution in [0.2, 0.25) is 0 Å². The summed E-state index contributed by atoms with van der Waals surface area (Å²) < 4.78 is 0. The Morgan fingerprint density at radius 2 is 1.94 bits per heavy atom. The van der Waals surface area contributed by atoms with Gasteiger partial charge >= 0.3 is 12.1 Å². The predicted molar refractivity (Wildman–Crippen MR) is 72.4 cm³/mol. The Labute approximate surface area is 113 Å². The normalized spacial score (nSPS) is 30.6. The van der Waals surface area contributed by atoms with Crippen molar-refractivity contribution in [3.8, 4) is 0 Å². The molecular formula is C12H21N3O2S. The average molecular weight is 271 g/mol. The predicted octanol–water partition coefficient (Wildman–Crippen LogP) is 2.39. The summed E-state index contributed by atoms with van der Waals surface area (Å²) in [4.78, 5) is 26.6. The molecule has 0 radical (unpaired) electrons. The highest BCUT2D eigenvalue weighted by atomic mass is 32.1. The summed E-state index contributed by atoms with van der Waals surface area (Å²) in [5.41, 5.74) is 0. The zero-order valence-electron chi connectivity index (χ0n) is 11.0. The Balaban J connectivity index is 2.20. The first kappa shape index (κ1) is 13.5. The van der Waals surface area contributed by atoms with E-state index in [1.54, 1.807) is 11.8 Å². The molecule has 0 bridgehead atoms. The van der Waals surface area contributed by atoms with Gasteiger partial charge < -0.3 is 5.32 Å². The fraction of sp³-hybridized carbons (Fsp3) is 0.833. The van der Waals surface area contributed by atoms with E-state index < -0.39 is 4.99 Å². The molecule has 1 heterocycles. The van der Waals surface area contributed by atoms with Crippen LogP contribution in [0.1, 0.15) is 46.0 Å². The maximum absolute atomic E-state index is 12.4. The quantitative estimate of drug-likeness (QED) is 0.758. The van der Waals surface area contributed by atoms with Crippen LogP contribution in [-0.4, -0.2) is 39.4 Å². The van der Waals surface area contributed by atoms with Crippen molar-refractivity contribution in [1.29, 1.82) is 0 Å². The topological polar surface area (TPSA) is 52.7 Å². The number of nitrogens with one attached hydrogen (secondary N) is 1. The van der Waals surface area contributed by atoms with E-state index in [0.29, 0.717) is 6.54 Å². The highest BCUT2D eigenvalue weighted by Crippen LogP contribution is 2.29. The van der Waals surface area contributed by atoms with Crippen LogP contribution in [0.5, 0.6) is 0 Å². The molecule has 0 spiro atoms.